The Hall–Kier alpha value is -5.62. The standard InChI is InChI=1S/C49H53N3O3/c1-5-6-7-8-9-10-11-12-13-14-17-34-22-24-35(25-23-34)51-42-31-44(55-37-27-20-33(2)21-28-37)47-45-41(38-18-15-16-19-39(38)49(54)46(42)45)32-50-48(47)40-29-26-36(52(3)4)30-43(40)53/h15-16,18-32,51,53H,5-14,17H2,1-4H3. The second kappa shape index (κ2) is 17.2. The van der Waals surface area contributed by atoms with Crippen LogP contribution in [0.25, 0.3) is 33.2 Å². The van der Waals surface area contributed by atoms with Crippen molar-refractivity contribution in [3.8, 4) is 39.6 Å². The molecular weight excluding hydrogens is 679 g/mol. The van der Waals surface area contributed by atoms with E-state index in [-0.39, 0.29) is 11.5 Å². The zero-order valence-electron chi connectivity index (χ0n) is 32.8. The molecule has 0 aliphatic heterocycles. The van der Waals surface area contributed by atoms with Gasteiger partial charge in [0.05, 0.1) is 22.3 Å². The molecule has 1 aliphatic rings. The molecule has 2 N–H and O–H groups in total. The van der Waals surface area contributed by atoms with Gasteiger partial charge in [-0.3, -0.25) is 9.78 Å². The summed E-state index contributed by atoms with van der Waals surface area (Å²) in [6.45, 7) is 4.32. The molecule has 0 atom stereocenters. The van der Waals surface area contributed by atoms with Gasteiger partial charge in [0.1, 0.15) is 17.2 Å². The third kappa shape index (κ3) is 8.39. The number of nitrogens with one attached hydrogen (secondary N) is 1. The number of rotatable bonds is 17. The third-order valence-corrected chi connectivity index (χ3v) is 10.9. The molecule has 6 aromatic rings. The number of fused-ring (bicyclic) bond motifs is 2. The summed E-state index contributed by atoms with van der Waals surface area (Å²) in [5, 5.41) is 16.4. The number of anilines is 3. The van der Waals surface area contributed by atoms with Crippen molar-refractivity contribution in [1.29, 1.82) is 0 Å². The summed E-state index contributed by atoms with van der Waals surface area (Å²) in [5.74, 6) is 1.23. The predicted octanol–water partition coefficient (Wildman–Crippen LogP) is 13.2. The van der Waals surface area contributed by atoms with E-state index in [0.29, 0.717) is 45.0 Å². The Labute approximate surface area is 326 Å². The Morgan fingerprint density at radius 2 is 1.38 bits per heavy atom. The van der Waals surface area contributed by atoms with E-state index in [0.717, 1.165) is 39.9 Å². The smallest absolute Gasteiger partial charge is 0.196 e. The lowest BCUT2D eigenvalue weighted by Gasteiger charge is -2.26. The van der Waals surface area contributed by atoms with E-state index in [2.05, 4.69) is 36.5 Å². The maximum Gasteiger partial charge on any atom is 0.196 e. The van der Waals surface area contributed by atoms with Crippen molar-refractivity contribution in [3.05, 3.63) is 126 Å². The lowest BCUT2D eigenvalue weighted by atomic mass is 9.81. The first-order valence-electron chi connectivity index (χ1n) is 20.1. The van der Waals surface area contributed by atoms with Crippen LogP contribution >= 0.6 is 0 Å². The normalized spacial score (nSPS) is 11.8. The topological polar surface area (TPSA) is 74.7 Å². The van der Waals surface area contributed by atoms with Crippen LogP contribution in [-0.2, 0) is 6.42 Å². The van der Waals surface area contributed by atoms with E-state index in [1.807, 2.05) is 98.8 Å². The van der Waals surface area contributed by atoms with Gasteiger partial charge in [0.15, 0.2) is 5.78 Å². The lowest BCUT2D eigenvalue weighted by Crippen LogP contribution is -2.14. The molecule has 55 heavy (non-hydrogen) atoms. The fourth-order valence-electron chi connectivity index (χ4n) is 7.75. The number of unbranched alkanes of at least 4 members (excludes halogenated alkanes) is 9. The number of aromatic nitrogens is 1. The summed E-state index contributed by atoms with van der Waals surface area (Å²) in [6, 6.07) is 31.7. The highest BCUT2D eigenvalue weighted by molar-refractivity contribution is 6.30. The van der Waals surface area contributed by atoms with E-state index in [4.69, 9.17) is 9.72 Å². The van der Waals surface area contributed by atoms with Crippen molar-refractivity contribution in [2.45, 2.75) is 84.5 Å². The highest BCUT2D eigenvalue weighted by Crippen LogP contribution is 2.50. The van der Waals surface area contributed by atoms with Crippen LogP contribution < -0.4 is 15.0 Å². The summed E-state index contributed by atoms with van der Waals surface area (Å²) in [4.78, 5) is 21.6. The van der Waals surface area contributed by atoms with Crippen molar-refractivity contribution < 1.29 is 14.6 Å². The second-order valence-corrected chi connectivity index (χ2v) is 15.2. The number of phenols is 1. The largest absolute Gasteiger partial charge is 0.507 e. The zero-order chi connectivity index (χ0) is 38.3. The molecule has 0 amide bonds. The van der Waals surface area contributed by atoms with E-state index in [1.165, 1.54) is 69.8 Å². The van der Waals surface area contributed by atoms with Crippen LogP contribution in [0.4, 0.5) is 17.1 Å². The van der Waals surface area contributed by atoms with Crippen molar-refractivity contribution >= 4 is 33.6 Å². The molecule has 5 aromatic carbocycles. The van der Waals surface area contributed by atoms with Gasteiger partial charge in [0, 0.05) is 65.9 Å². The van der Waals surface area contributed by atoms with Gasteiger partial charge < -0.3 is 20.1 Å². The Kier molecular flexibility index (Phi) is 11.8. The summed E-state index contributed by atoms with van der Waals surface area (Å²) >= 11 is 0. The first kappa shape index (κ1) is 37.7. The van der Waals surface area contributed by atoms with Crippen LogP contribution in [0.1, 0.15) is 98.2 Å². The number of phenolic OH excluding ortho intramolecular Hbond substituents is 1. The molecule has 1 aromatic heterocycles. The van der Waals surface area contributed by atoms with Gasteiger partial charge in [-0.2, -0.15) is 0 Å². The summed E-state index contributed by atoms with van der Waals surface area (Å²) < 4.78 is 6.73. The summed E-state index contributed by atoms with van der Waals surface area (Å²) in [6.07, 6.45) is 16.2. The Morgan fingerprint density at radius 3 is 2.05 bits per heavy atom. The molecule has 0 unspecified atom stereocenters. The number of pyridine rings is 1. The van der Waals surface area contributed by atoms with Gasteiger partial charge >= 0.3 is 0 Å². The van der Waals surface area contributed by atoms with Gasteiger partial charge in [0.25, 0.3) is 0 Å². The SMILES string of the molecule is CCCCCCCCCCCCc1ccc(Nc2cc(Oc3ccc(C)cc3)c3c(-c4ccc(N(C)C)cc4O)ncc4c3c2C(=O)c2ccccc2-4)cc1. The fraction of sp³-hybridized carbons (Fsp3) is 0.306. The molecular formula is C49H53N3O3. The van der Waals surface area contributed by atoms with Crippen LogP contribution in [0.2, 0.25) is 0 Å². The number of carbonyl (C=O) groups is 1. The highest BCUT2D eigenvalue weighted by Gasteiger charge is 2.32. The number of ketones is 1. The van der Waals surface area contributed by atoms with Crippen molar-refractivity contribution in [1.82, 2.24) is 4.98 Å². The number of aryl methyl sites for hydroxylation is 2. The number of hydrogen-bond donors (Lipinski definition) is 2. The summed E-state index contributed by atoms with van der Waals surface area (Å²) in [5.41, 5.74) is 8.81. The zero-order valence-corrected chi connectivity index (χ0v) is 32.8. The molecule has 0 fully saturated rings. The van der Waals surface area contributed by atoms with Gasteiger partial charge in [0.2, 0.25) is 0 Å². The molecule has 0 spiro atoms. The first-order chi connectivity index (χ1) is 26.8. The maximum atomic E-state index is 14.6. The van der Waals surface area contributed by atoms with Crippen LogP contribution in [-0.4, -0.2) is 30.0 Å². The Balaban J connectivity index is 1.24. The van der Waals surface area contributed by atoms with Crippen LogP contribution in [0.5, 0.6) is 17.2 Å². The monoisotopic (exact) mass is 731 g/mol. The number of carbonyl (C=O) groups excluding carboxylic acids is 1. The van der Waals surface area contributed by atoms with E-state index in [9.17, 15) is 9.90 Å². The minimum atomic E-state index is -0.0700. The fourth-order valence-corrected chi connectivity index (χ4v) is 7.75. The van der Waals surface area contributed by atoms with Gasteiger partial charge in [-0.25, -0.2) is 0 Å². The number of hydrogen-bond acceptors (Lipinski definition) is 6. The van der Waals surface area contributed by atoms with Crippen LogP contribution in [0.15, 0.2) is 103 Å². The number of benzene rings is 5. The summed E-state index contributed by atoms with van der Waals surface area (Å²) in [7, 11) is 3.87. The number of ether oxygens (including phenoxy) is 1. The molecule has 0 saturated heterocycles. The average Bonchev–Trinajstić information content (AvgIpc) is 3.19. The predicted molar refractivity (Wildman–Crippen MR) is 229 cm³/mol. The lowest BCUT2D eigenvalue weighted by molar-refractivity contribution is 0.104. The molecule has 0 bridgehead atoms. The molecule has 6 nitrogen and oxygen atoms in total. The van der Waals surface area contributed by atoms with Crippen molar-refractivity contribution in [2.75, 3.05) is 24.3 Å². The molecule has 0 radical (unpaired) electrons. The van der Waals surface area contributed by atoms with Crippen LogP contribution in [0.3, 0.4) is 0 Å². The van der Waals surface area contributed by atoms with Gasteiger partial charge in [-0.05, 0) is 67.3 Å². The average molecular weight is 732 g/mol. The highest BCUT2D eigenvalue weighted by atomic mass is 16.5. The molecule has 1 aliphatic carbocycles. The number of aromatic hydroxyl groups is 1. The van der Waals surface area contributed by atoms with Crippen molar-refractivity contribution in [2.24, 2.45) is 0 Å². The molecule has 7 rings (SSSR count). The van der Waals surface area contributed by atoms with Gasteiger partial charge in [-0.15, -0.1) is 0 Å². The molecule has 0 saturated carbocycles. The molecule has 6 heteroatoms. The van der Waals surface area contributed by atoms with E-state index >= 15 is 0 Å². The Bertz CT molecular complexity index is 2280. The minimum absolute atomic E-state index is 0.0700. The first-order valence-corrected chi connectivity index (χ1v) is 20.1. The minimum Gasteiger partial charge on any atom is -0.507 e. The van der Waals surface area contributed by atoms with Gasteiger partial charge in [-0.1, -0.05) is 119 Å². The van der Waals surface area contributed by atoms with Crippen molar-refractivity contribution in [3.63, 3.8) is 0 Å². The molecule has 282 valence electrons. The Morgan fingerprint density at radius 1 is 0.709 bits per heavy atom. The maximum absolute atomic E-state index is 14.6. The third-order valence-electron chi connectivity index (χ3n) is 10.9. The van der Waals surface area contributed by atoms with Crippen LogP contribution in [0, 0.1) is 6.92 Å². The van der Waals surface area contributed by atoms with E-state index in [1.54, 1.807) is 6.07 Å². The molecule has 1 heterocycles. The van der Waals surface area contributed by atoms with E-state index < -0.39 is 0 Å². The quantitative estimate of drug-likeness (QED) is 0.0909. The second-order valence-electron chi connectivity index (χ2n) is 15.2. The number of nitrogens with zero attached hydrogens (tertiary/aromatic N) is 2.